The maximum absolute atomic E-state index is 11.5. The van der Waals surface area contributed by atoms with Crippen molar-refractivity contribution >= 4 is 11.9 Å². The number of β-lactam (4-membered cyclic amide) rings is 1. The van der Waals surface area contributed by atoms with E-state index in [-0.39, 0.29) is 24.9 Å². The van der Waals surface area contributed by atoms with Crippen LogP contribution in [0.25, 0.3) is 0 Å². The molecule has 4 nitrogen and oxygen atoms in total. The number of carbonyl (C=O) groups is 2. The highest BCUT2D eigenvalue weighted by atomic mass is 16.5. The van der Waals surface area contributed by atoms with Gasteiger partial charge in [0.2, 0.25) is 5.91 Å². The van der Waals surface area contributed by atoms with Gasteiger partial charge in [-0.1, -0.05) is 30.3 Å². The highest BCUT2D eigenvalue weighted by molar-refractivity contribution is 5.94. The van der Waals surface area contributed by atoms with Crippen LogP contribution >= 0.6 is 0 Å². The van der Waals surface area contributed by atoms with Crippen LogP contribution < -0.4 is 0 Å². The van der Waals surface area contributed by atoms with Crippen molar-refractivity contribution in [3.8, 4) is 0 Å². The van der Waals surface area contributed by atoms with Crippen molar-refractivity contribution in [3.63, 3.8) is 0 Å². The van der Waals surface area contributed by atoms with Crippen molar-refractivity contribution in [1.82, 2.24) is 4.90 Å². The lowest BCUT2D eigenvalue weighted by Crippen LogP contribution is -2.54. The van der Waals surface area contributed by atoms with Gasteiger partial charge in [0.25, 0.3) is 0 Å². The van der Waals surface area contributed by atoms with Gasteiger partial charge in [-0.3, -0.25) is 4.79 Å². The molecule has 0 bridgehead atoms. The molecule has 1 amide bonds. The lowest BCUT2D eigenvalue weighted by atomic mass is 10.0. The Morgan fingerprint density at radius 1 is 1.44 bits per heavy atom. The zero-order chi connectivity index (χ0) is 11.5. The standard InChI is InChI=1S/C12H13NO3/c1-13-10(7-11(13)14)12(15)16-8-9-5-3-2-4-6-9/h2-6,10H,7-8H2,1H3. The van der Waals surface area contributed by atoms with Gasteiger partial charge in [-0.15, -0.1) is 0 Å². The van der Waals surface area contributed by atoms with Crippen LogP contribution in [0.4, 0.5) is 0 Å². The maximum atomic E-state index is 11.5. The number of hydrogen-bond acceptors (Lipinski definition) is 3. The largest absolute Gasteiger partial charge is 0.459 e. The molecule has 2 rings (SSSR count). The first-order valence-electron chi connectivity index (χ1n) is 5.14. The molecule has 0 spiro atoms. The summed E-state index contributed by atoms with van der Waals surface area (Å²) in [5.74, 6) is -0.340. The molecule has 0 aromatic heterocycles. The minimum absolute atomic E-state index is 0.0124. The number of rotatable bonds is 3. The number of likely N-dealkylation sites (N-methyl/N-ethyl adjacent to an activating group) is 1. The summed E-state index contributed by atoms with van der Waals surface area (Å²) in [4.78, 5) is 23.9. The summed E-state index contributed by atoms with van der Waals surface area (Å²) in [6.45, 7) is 0.262. The van der Waals surface area contributed by atoms with Crippen molar-refractivity contribution in [3.05, 3.63) is 35.9 Å². The summed E-state index contributed by atoms with van der Waals surface area (Å²) >= 11 is 0. The molecule has 0 saturated carbocycles. The Kier molecular flexibility index (Phi) is 2.90. The van der Waals surface area contributed by atoms with E-state index >= 15 is 0 Å². The molecule has 1 aliphatic rings. The summed E-state index contributed by atoms with van der Waals surface area (Å²) in [5.41, 5.74) is 0.948. The van der Waals surface area contributed by atoms with E-state index in [0.29, 0.717) is 0 Å². The van der Waals surface area contributed by atoms with Crippen molar-refractivity contribution in [2.45, 2.75) is 19.1 Å². The second-order valence-corrected chi connectivity index (χ2v) is 3.82. The lowest BCUT2D eigenvalue weighted by molar-refractivity contribution is -0.165. The topological polar surface area (TPSA) is 46.6 Å². The highest BCUT2D eigenvalue weighted by Gasteiger charge is 2.39. The molecule has 84 valence electrons. The Morgan fingerprint density at radius 2 is 2.12 bits per heavy atom. The molecule has 1 saturated heterocycles. The van der Waals surface area contributed by atoms with E-state index in [1.807, 2.05) is 30.3 Å². The summed E-state index contributed by atoms with van der Waals surface area (Å²) in [5, 5.41) is 0. The molecule has 16 heavy (non-hydrogen) atoms. The highest BCUT2D eigenvalue weighted by Crippen LogP contribution is 2.18. The van der Waals surface area contributed by atoms with E-state index in [9.17, 15) is 9.59 Å². The quantitative estimate of drug-likeness (QED) is 0.562. The average molecular weight is 219 g/mol. The van der Waals surface area contributed by atoms with Crippen LogP contribution in [0.5, 0.6) is 0 Å². The van der Waals surface area contributed by atoms with E-state index in [0.717, 1.165) is 5.56 Å². The van der Waals surface area contributed by atoms with Crippen LogP contribution in [0.3, 0.4) is 0 Å². The Hall–Kier alpha value is -1.84. The molecule has 1 unspecified atom stereocenters. The van der Waals surface area contributed by atoms with E-state index in [2.05, 4.69) is 0 Å². The number of esters is 1. The normalized spacial score (nSPS) is 19.2. The summed E-state index contributed by atoms with van der Waals surface area (Å²) < 4.78 is 5.12. The van der Waals surface area contributed by atoms with Gasteiger partial charge in [0.15, 0.2) is 0 Å². The molecule has 0 aliphatic carbocycles. The fraction of sp³-hybridized carbons (Fsp3) is 0.333. The van der Waals surface area contributed by atoms with Gasteiger partial charge in [-0.25, -0.2) is 4.79 Å². The molecule has 1 heterocycles. The molecule has 1 aromatic carbocycles. The Morgan fingerprint density at radius 3 is 2.69 bits per heavy atom. The van der Waals surface area contributed by atoms with Gasteiger partial charge in [-0.2, -0.15) is 0 Å². The van der Waals surface area contributed by atoms with Crippen LogP contribution in [-0.4, -0.2) is 29.9 Å². The molecule has 1 aliphatic heterocycles. The second-order valence-electron chi connectivity index (χ2n) is 3.82. The van der Waals surface area contributed by atoms with E-state index in [4.69, 9.17) is 4.74 Å². The Balaban J connectivity index is 1.83. The van der Waals surface area contributed by atoms with E-state index in [1.54, 1.807) is 7.05 Å². The lowest BCUT2D eigenvalue weighted by Gasteiger charge is -2.34. The number of benzene rings is 1. The Labute approximate surface area is 93.8 Å². The minimum Gasteiger partial charge on any atom is -0.459 e. The first kappa shape index (κ1) is 10.7. The van der Waals surface area contributed by atoms with Crippen LogP contribution in [0, 0.1) is 0 Å². The fourth-order valence-electron chi connectivity index (χ4n) is 1.57. The zero-order valence-corrected chi connectivity index (χ0v) is 9.05. The Bertz CT molecular complexity index is 402. The summed E-state index contributed by atoms with van der Waals surface area (Å²) in [6.07, 6.45) is 0.268. The van der Waals surface area contributed by atoms with E-state index < -0.39 is 6.04 Å². The van der Waals surface area contributed by atoms with Crippen molar-refractivity contribution in [2.75, 3.05) is 7.05 Å². The van der Waals surface area contributed by atoms with Gasteiger partial charge in [0, 0.05) is 7.05 Å². The SMILES string of the molecule is CN1C(=O)CC1C(=O)OCc1ccccc1. The van der Waals surface area contributed by atoms with Crippen LogP contribution in [0.15, 0.2) is 30.3 Å². The maximum Gasteiger partial charge on any atom is 0.329 e. The zero-order valence-electron chi connectivity index (χ0n) is 9.05. The van der Waals surface area contributed by atoms with Crippen LogP contribution in [-0.2, 0) is 20.9 Å². The third-order valence-corrected chi connectivity index (χ3v) is 2.72. The number of carbonyl (C=O) groups excluding carboxylic acids is 2. The predicted octanol–water partition coefficient (Wildman–Crippen LogP) is 0.960. The van der Waals surface area contributed by atoms with Gasteiger partial charge in [-0.05, 0) is 5.56 Å². The molecule has 1 atom stereocenters. The third kappa shape index (κ3) is 2.05. The van der Waals surface area contributed by atoms with Gasteiger partial charge >= 0.3 is 5.97 Å². The molecule has 1 aromatic rings. The minimum atomic E-state index is -0.392. The van der Waals surface area contributed by atoms with Gasteiger partial charge in [0.05, 0.1) is 6.42 Å². The summed E-state index contributed by atoms with van der Waals surface area (Å²) in [6, 6.07) is 9.08. The van der Waals surface area contributed by atoms with Crippen LogP contribution in [0.2, 0.25) is 0 Å². The fourth-order valence-corrected chi connectivity index (χ4v) is 1.57. The third-order valence-electron chi connectivity index (χ3n) is 2.72. The monoisotopic (exact) mass is 219 g/mol. The number of amides is 1. The van der Waals surface area contributed by atoms with Crippen molar-refractivity contribution < 1.29 is 14.3 Å². The molecule has 1 fully saturated rings. The number of hydrogen-bond donors (Lipinski definition) is 0. The molecule has 0 N–H and O–H groups in total. The van der Waals surface area contributed by atoms with E-state index in [1.165, 1.54) is 4.90 Å². The number of likely N-dealkylation sites (tertiary alicyclic amines) is 1. The smallest absolute Gasteiger partial charge is 0.329 e. The molecule has 4 heteroatoms. The van der Waals surface area contributed by atoms with Gasteiger partial charge < -0.3 is 9.64 Å². The van der Waals surface area contributed by atoms with Crippen molar-refractivity contribution in [2.24, 2.45) is 0 Å². The first-order valence-corrected chi connectivity index (χ1v) is 5.14. The second kappa shape index (κ2) is 4.35. The molecule has 0 radical (unpaired) electrons. The predicted molar refractivity (Wildman–Crippen MR) is 57.4 cm³/mol. The van der Waals surface area contributed by atoms with Crippen molar-refractivity contribution in [1.29, 1.82) is 0 Å². The molecular formula is C12H13NO3. The number of ether oxygens (including phenoxy) is 1. The average Bonchev–Trinajstić information content (AvgIpc) is 2.33. The summed E-state index contributed by atoms with van der Waals surface area (Å²) in [7, 11) is 1.61. The molecular weight excluding hydrogens is 206 g/mol. The first-order chi connectivity index (χ1) is 7.68. The number of nitrogens with zero attached hydrogens (tertiary/aromatic N) is 1. The van der Waals surface area contributed by atoms with Gasteiger partial charge in [0.1, 0.15) is 12.6 Å². The van der Waals surface area contributed by atoms with Crippen LogP contribution in [0.1, 0.15) is 12.0 Å².